The molecule has 21 heavy (non-hydrogen) atoms. The molecule has 0 spiro atoms. The van der Waals surface area contributed by atoms with Crippen LogP contribution in [-0.2, 0) is 13.0 Å². The lowest BCUT2D eigenvalue weighted by Crippen LogP contribution is -2.43. The van der Waals surface area contributed by atoms with Gasteiger partial charge in [0.25, 0.3) is 0 Å². The monoisotopic (exact) mass is 295 g/mol. The number of ether oxygens (including phenoxy) is 1. The van der Waals surface area contributed by atoms with Crippen LogP contribution in [0.3, 0.4) is 0 Å². The number of hydrogen-bond acceptors (Lipinski definition) is 3. The van der Waals surface area contributed by atoms with Crippen molar-refractivity contribution < 1.29 is 4.74 Å². The zero-order valence-electron chi connectivity index (χ0n) is 14.6. The summed E-state index contributed by atoms with van der Waals surface area (Å²) in [6, 6.07) is 0.527. The summed E-state index contributed by atoms with van der Waals surface area (Å²) in [6.07, 6.45) is 6.87. The average molecular weight is 295 g/mol. The lowest BCUT2D eigenvalue weighted by Gasteiger charge is -2.31. The second kappa shape index (κ2) is 9.82. The summed E-state index contributed by atoms with van der Waals surface area (Å²) in [4.78, 5) is 2.54. The highest BCUT2D eigenvalue weighted by Crippen LogP contribution is 2.25. The van der Waals surface area contributed by atoms with Gasteiger partial charge in [-0.2, -0.15) is 5.10 Å². The van der Waals surface area contributed by atoms with Gasteiger partial charge < -0.3 is 4.74 Å². The second-order valence-corrected chi connectivity index (χ2v) is 5.43. The van der Waals surface area contributed by atoms with Crippen molar-refractivity contribution in [2.24, 2.45) is 0 Å². The van der Waals surface area contributed by atoms with Crippen LogP contribution in [0.25, 0.3) is 0 Å². The van der Waals surface area contributed by atoms with E-state index < -0.39 is 0 Å². The van der Waals surface area contributed by atoms with E-state index in [1.54, 1.807) is 0 Å². The fraction of sp³-hybridized carbons (Fsp3) is 0.824. The first kappa shape index (κ1) is 18.0. The lowest BCUT2D eigenvalue weighted by atomic mass is 10.2. The molecule has 1 unspecified atom stereocenters. The van der Waals surface area contributed by atoms with Gasteiger partial charge in [0, 0.05) is 5.56 Å². The summed E-state index contributed by atoms with van der Waals surface area (Å²) in [6.45, 7) is 14.7. The van der Waals surface area contributed by atoms with Gasteiger partial charge in [0.1, 0.15) is 6.61 Å². The van der Waals surface area contributed by atoms with Crippen molar-refractivity contribution in [3.63, 3.8) is 0 Å². The summed E-state index contributed by atoms with van der Waals surface area (Å²) in [5, 5.41) is 4.41. The number of aromatic nitrogens is 2. The number of likely N-dealkylation sites (tertiary alicyclic amines) is 1. The molecule has 0 saturated carbocycles. The van der Waals surface area contributed by atoms with Crippen molar-refractivity contribution in [2.45, 2.75) is 72.9 Å². The average Bonchev–Trinajstić information content (AvgIpc) is 3.19. The first-order valence-electron chi connectivity index (χ1n) is 8.71. The Labute approximate surface area is 130 Å². The standard InChI is InChI=1S/C12H19N3O.C3H8.C2H6/c1-2-10-7-13-15-8-11(9-16-12(10)15)14-5-3-4-6-14;1-3-2;1-2/h7,11H,2-6,8-9H2,1H3;3H2,1-2H3;1-2H3. The van der Waals surface area contributed by atoms with Crippen LogP contribution in [0.15, 0.2) is 6.20 Å². The Balaban J connectivity index is 0.000000395. The Bertz CT molecular complexity index is 383. The van der Waals surface area contributed by atoms with Crippen LogP contribution in [-0.4, -0.2) is 40.4 Å². The maximum absolute atomic E-state index is 5.87. The van der Waals surface area contributed by atoms with Gasteiger partial charge in [-0.15, -0.1) is 0 Å². The highest BCUT2D eigenvalue weighted by molar-refractivity contribution is 5.25. The molecule has 0 bridgehead atoms. The van der Waals surface area contributed by atoms with Crippen molar-refractivity contribution in [2.75, 3.05) is 19.7 Å². The van der Waals surface area contributed by atoms with Crippen LogP contribution < -0.4 is 4.74 Å². The molecule has 0 aromatic carbocycles. The first-order valence-corrected chi connectivity index (χ1v) is 8.71. The number of fused-ring (bicyclic) bond motifs is 1. The minimum absolute atomic E-state index is 0.527. The molecular formula is C17H33N3O. The van der Waals surface area contributed by atoms with Crippen LogP contribution in [0.2, 0.25) is 0 Å². The van der Waals surface area contributed by atoms with E-state index >= 15 is 0 Å². The van der Waals surface area contributed by atoms with Gasteiger partial charge in [-0.3, -0.25) is 4.90 Å². The number of nitrogens with zero attached hydrogens (tertiary/aromatic N) is 3. The van der Waals surface area contributed by atoms with Gasteiger partial charge in [-0.25, -0.2) is 4.68 Å². The van der Waals surface area contributed by atoms with Crippen LogP contribution in [0.4, 0.5) is 0 Å². The Kier molecular flexibility index (Phi) is 8.43. The third kappa shape index (κ3) is 4.73. The number of hydrogen-bond donors (Lipinski definition) is 0. The van der Waals surface area contributed by atoms with Crippen molar-refractivity contribution in [3.05, 3.63) is 11.8 Å². The normalized spacial score (nSPS) is 20.5. The topological polar surface area (TPSA) is 30.3 Å². The van der Waals surface area contributed by atoms with E-state index in [2.05, 4.69) is 30.8 Å². The molecule has 3 rings (SSSR count). The molecule has 0 radical (unpaired) electrons. The number of rotatable bonds is 2. The second-order valence-electron chi connectivity index (χ2n) is 5.43. The zero-order chi connectivity index (χ0) is 15.7. The first-order chi connectivity index (χ1) is 10.3. The molecule has 1 fully saturated rings. The van der Waals surface area contributed by atoms with E-state index in [1.165, 1.54) is 37.9 Å². The van der Waals surface area contributed by atoms with Crippen LogP contribution >= 0.6 is 0 Å². The van der Waals surface area contributed by atoms with Crippen molar-refractivity contribution >= 4 is 0 Å². The lowest BCUT2D eigenvalue weighted by molar-refractivity contribution is 0.101. The third-order valence-electron chi connectivity index (χ3n) is 3.70. The van der Waals surface area contributed by atoms with E-state index in [9.17, 15) is 0 Å². The summed E-state index contributed by atoms with van der Waals surface area (Å²) in [5.41, 5.74) is 1.24. The summed E-state index contributed by atoms with van der Waals surface area (Å²) < 4.78 is 7.90. The zero-order valence-corrected chi connectivity index (χ0v) is 14.6. The molecule has 0 N–H and O–H groups in total. The maximum Gasteiger partial charge on any atom is 0.215 e. The van der Waals surface area contributed by atoms with Gasteiger partial charge in [-0.05, 0) is 32.4 Å². The molecule has 1 atom stereocenters. The largest absolute Gasteiger partial charge is 0.476 e. The van der Waals surface area contributed by atoms with Gasteiger partial charge in [0.15, 0.2) is 0 Å². The summed E-state index contributed by atoms with van der Waals surface area (Å²) >= 11 is 0. The predicted molar refractivity (Wildman–Crippen MR) is 89.0 cm³/mol. The van der Waals surface area contributed by atoms with E-state index in [4.69, 9.17) is 4.74 Å². The summed E-state index contributed by atoms with van der Waals surface area (Å²) in [5.74, 6) is 0.998. The summed E-state index contributed by atoms with van der Waals surface area (Å²) in [7, 11) is 0. The quantitative estimate of drug-likeness (QED) is 0.832. The van der Waals surface area contributed by atoms with E-state index in [0.29, 0.717) is 6.04 Å². The minimum atomic E-state index is 0.527. The maximum atomic E-state index is 5.87. The predicted octanol–water partition coefficient (Wildman–Crippen LogP) is 3.74. The van der Waals surface area contributed by atoms with Gasteiger partial charge in [0.05, 0.1) is 18.8 Å². The molecular weight excluding hydrogens is 262 g/mol. The van der Waals surface area contributed by atoms with E-state index in [-0.39, 0.29) is 0 Å². The van der Waals surface area contributed by atoms with Gasteiger partial charge in [-0.1, -0.05) is 41.0 Å². The van der Waals surface area contributed by atoms with Gasteiger partial charge >= 0.3 is 0 Å². The SMILES string of the molecule is CC.CCC.CCc1cnn2c1OCC(N1CCCC1)C2. The fourth-order valence-corrected chi connectivity index (χ4v) is 2.71. The molecule has 3 heterocycles. The highest BCUT2D eigenvalue weighted by Gasteiger charge is 2.28. The highest BCUT2D eigenvalue weighted by atomic mass is 16.5. The van der Waals surface area contributed by atoms with Crippen LogP contribution in [0, 0.1) is 0 Å². The Morgan fingerprint density at radius 1 is 1.19 bits per heavy atom. The fourth-order valence-electron chi connectivity index (χ4n) is 2.71. The molecule has 2 aliphatic rings. The molecule has 122 valence electrons. The molecule has 1 saturated heterocycles. The molecule has 4 nitrogen and oxygen atoms in total. The molecule has 0 amide bonds. The molecule has 0 aliphatic carbocycles. The molecule has 2 aliphatic heterocycles. The third-order valence-corrected chi connectivity index (χ3v) is 3.70. The van der Waals surface area contributed by atoms with Gasteiger partial charge in [0.2, 0.25) is 5.88 Å². The molecule has 1 aromatic rings. The smallest absolute Gasteiger partial charge is 0.215 e. The van der Waals surface area contributed by atoms with Crippen LogP contribution in [0.5, 0.6) is 5.88 Å². The Hall–Kier alpha value is -1.03. The van der Waals surface area contributed by atoms with E-state index in [1.807, 2.05) is 24.7 Å². The molecule has 4 heteroatoms. The minimum Gasteiger partial charge on any atom is -0.476 e. The Morgan fingerprint density at radius 3 is 2.38 bits per heavy atom. The van der Waals surface area contributed by atoms with Crippen molar-refractivity contribution in [3.8, 4) is 5.88 Å². The Morgan fingerprint density at radius 2 is 1.81 bits per heavy atom. The van der Waals surface area contributed by atoms with Crippen LogP contribution in [0.1, 0.15) is 59.4 Å². The van der Waals surface area contributed by atoms with E-state index in [0.717, 1.165) is 25.5 Å². The molecule has 1 aromatic heterocycles. The van der Waals surface area contributed by atoms with Crippen molar-refractivity contribution in [1.82, 2.24) is 14.7 Å². The number of aryl methyl sites for hydroxylation is 1. The van der Waals surface area contributed by atoms with Crippen molar-refractivity contribution in [1.29, 1.82) is 0 Å².